The van der Waals surface area contributed by atoms with E-state index in [4.69, 9.17) is 5.73 Å². The van der Waals surface area contributed by atoms with Crippen molar-refractivity contribution >= 4 is 33.1 Å². The van der Waals surface area contributed by atoms with Crippen molar-refractivity contribution in [3.63, 3.8) is 0 Å². The molecule has 0 spiro atoms. The minimum absolute atomic E-state index is 0.551. The molecule has 0 aliphatic heterocycles. The van der Waals surface area contributed by atoms with E-state index >= 15 is 0 Å². The highest BCUT2D eigenvalue weighted by Gasteiger charge is 2.02. The summed E-state index contributed by atoms with van der Waals surface area (Å²) in [6, 6.07) is 2.13. The third-order valence-electron chi connectivity index (χ3n) is 1.95. The molecule has 0 aliphatic carbocycles. The van der Waals surface area contributed by atoms with E-state index in [1.807, 2.05) is 10.9 Å². The average molecular weight is 272 g/mol. The van der Waals surface area contributed by atoms with Crippen LogP contribution in [0.2, 0.25) is 0 Å². The summed E-state index contributed by atoms with van der Waals surface area (Å²) < 4.78 is 2.72. The minimum Gasteiger partial charge on any atom is -0.381 e. The lowest BCUT2D eigenvalue weighted by Gasteiger charge is -1.98. The Morgan fingerprint density at radius 2 is 2.43 bits per heavy atom. The smallest absolute Gasteiger partial charge is 0.159 e. The van der Waals surface area contributed by atoms with E-state index in [1.165, 1.54) is 5.56 Å². The van der Waals surface area contributed by atoms with Crippen molar-refractivity contribution in [2.75, 3.05) is 5.73 Å². The third-order valence-corrected chi connectivity index (χ3v) is 3.30. The SMILES string of the molecule is Nc1nn(CCc2ccsc2)cc1Br. The third kappa shape index (κ3) is 2.16. The lowest BCUT2D eigenvalue weighted by molar-refractivity contribution is 0.618. The van der Waals surface area contributed by atoms with E-state index < -0.39 is 0 Å². The molecule has 3 nitrogen and oxygen atoms in total. The number of hydrogen-bond acceptors (Lipinski definition) is 3. The summed E-state index contributed by atoms with van der Waals surface area (Å²) in [5, 5.41) is 8.40. The molecule has 0 radical (unpaired) electrons. The molecule has 0 aromatic carbocycles. The second-order valence-corrected chi connectivity index (χ2v) is 4.64. The number of anilines is 1. The van der Waals surface area contributed by atoms with Gasteiger partial charge in [-0.3, -0.25) is 4.68 Å². The van der Waals surface area contributed by atoms with Crippen LogP contribution in [-0.2, 0) is 13.0 Å². The zero-order chi connectivity index (χ0) is 9.97. The Balaban J connectivity index is 1.98. The van der Waals surface area contributed by atoms with Gasteiger partial charge >= 0.3 is 0 Å². The molecule has 0 saturated carbocycles. The average Bonchev–Trinajstić information content (AvgIpc) is 2.74. The van der Waals surface area contributed by atoms with Gasteiger partial charge in [0.15, 0.2) is 5.82 Å². The zero-order valence-electron chi connectivity index (χ0n) is 7.48. The lowest BCUT2D eigenvalue weighted by atomic mass is 10.2. The number of hydrogen-bond donors (Lipinski definition) is 1. The van der Waals surface area contributed by atoms with Crippen molar-refractivity contribution in [3.05, 3.63) is 33.1 Å². The van der Waals surface area contributed by atoms with Gasteiger partial charge in [-0.25, -0.2) is 0 Å². The van der Waals surface area contributed by atoms with Gasteiger partial charge in [0, 0.05) is 12.7 Å². The van der Waals surface area contributed by atoms with Gasteiger partial charge in [-0.05, 0) is 44.7 Å². The van der Waals surface area contributed by atoms with Crippen LogP contribution in [-0.4, -0.2) is 9.78 Å². The first-order valence-corrected chi connectivity index (χ1v) is 5.99. The van der Waals surface area contributed by atoms with Gasteiger partial charge in [0.25, 0.3) is 0 Å². The first-order valence-electron chi connectivity index (χ1n) is 4.25. The summed E-state index contributed by atoms with van der Waals surface area (Å²) in [6.45, 7) is 0.868. The highest BCUT2D eigenvalue weighted by atomic mass is 79.9. The van der Waals surface area contributed by atoms with Crippen LogP contribution < -0.4 is 5.73 Å². The summed E-state index contributed by atoms with van der Waals surface area (Å²) in [5.41, 5.74) is 6.96. The standard InChI is InChI=1S/C9H10BrN3S/c10-8-5-13(12-9(8)11)3-1-7-2-4-14-6-7/h2,4-6H,1,3H2,(H2,11,12). The minimum atomic E-state index is 0.551. The molecule has 2 heterocycles. The highest BCUT2D eigenvalue weighted by molar-refractivity contribution is 9.10. The van der Waals surface area contributed by atoms with Gasteiger partial charge in [-0.15, -0.1) is 0 Å². The molecule has 0 amide bonds. The van der Waals surface area contributed by atoms with Gasteiger partial charge in [0.05, 0.1) is 4.47 Å². The van der Waals surface area contributed by atoms with Crippen molar-refractivity contribution in [1.29, 1.82) is 0 Å². The molecule has 5 heteroatoms. The first kappa shape index (κ1) is 9.73. The number of halogens is 1. The Kier molecular flexibility index (Phi) is 2.88. The molecule has 0 fully saturated rings. The molecule has 0 unspecified atom stereocenters. The molecule has 74 valence electrons. The number of aryl methyl sites for hydroxylation is 2. The van der Waals surface area contributed by atoms with Crippen LogP contribution in [0.5, 0.6) is 0 Å². The van der Waals surface area contributed by atoms with Crippen molar-refractivity contribution in [2.45, 2.75) is 13.0 Å². The monoisotopic (exact) mass is 271 g/mol. The summed E-state index contributed by atoms with van der Waals surface area (Å²) in [6.07, 6.45) is 2.90. The van der Waals surface area contributed by atoms with E-state index in [1.54, 1.807) is 11.3 Å². The Morgan fingerprint density at radius 1 is 1.57 bits per heavy atom. The van der Waals surface area contributed by atoms with Crippen LogP contribution in [0.25, 0.3) is 0 Å². The summed E-state index contributed by atoms with van der Waals surface area (Å²) >= 11 is 5.05. The zero-order valence-corrected chi connectivity index (χ0v) is 9.88. The largest absolute Gasteiger partial charge is 0.381 e. The van der Waals surface area contributed by atoms with E-state index in [0.29, 0.717) is 5.82 Å². The first-order chi connectivity index (χ1) is 6.75. The number of nitrogens with zero attached hydrogens (tertiary/aromatic N) is 2. The molecule has 0 bridgehead atoms. The number of nitrogen functional groups attached to an aromatic ring is 1. The number of thiophene rings is 1. The maximum Gasteiger partial charge on any atom is 0.159 e. The van der Waals surface area contributed by atoms with Gasteiger partial charge in [0.2, 0.25) is 0 Å². The van der Waals surface area contributed by atoms with Gasteiger partial charge in [0.1, 0.15) is 0 Å². The number of aromatic nitrogens is 2. The fraction of sp³-hybridized carbons (Fsp3) is 0.222. The molecule has 0 atom stereocenters. The van der Waals surface area contributed by atoms with Crippen LogP contribution in [0, 0.1) is 0 Å². The summed E-state index contributed by atoms with van der Waals surface area (Å²) in [4.78, 5) is 0. The maximum absolute atomic E-state index is 5.61. The van der Waals surface area contributed by atoms with Crippen LogP contribution in [0.4, 0.5) is 5.82 Å². The van der Waals surface area contributed by atoms with Crippen LogP contribution >= 0.6 is 27.3 Å². The van der Waals surface area contributed by atoms with Gasteiger partial charge < -0.3 is 5.73 Å². The fourth-order valence-electron chi connectivity index (χ4n) is 1.21. The topological polar surface area (TPSA) is 43.8 Å². The molecule has 2 aromatic heterocycles. The van der Waals surface area contributed by atoms with Crippen molar-refractivity contribution < 1.29 is 0 Å². The van der Waals surface area contributed by atoms with Crippen molar-refractivity contribution in [3.8, 4) is 0 Å². The quantitative estimate of drug-likeness (QED) is 0.933. The molecule has 0 aliphatic rings. The van der Waals surface area contributed by atoms with E-state index in [2.05, 4.69) is 37.9 Å². The highest BCUT2D eigenvalue weighted by Crippen LogP contribution is 2.16. The normalized spacial score (nSPS) is 10.6. The molecule has 2 aromatic rings. The predicted octanol–water partition coefficient (Wildman–Crippen LogP) is 2.53. The molecule has 2 rings (SSSR count). The van der Waals surface area contributed by atoms with E-state index in [0.717, 1.165) is 17.4 Å². The van der Waals surface area contributed by atoms with Gasteiger partial charge in [-0.2, -0.15) is 16.4 Å². The number of nitrogens with two attached hydrogens (primary N) is 1. The Morgan fingerprint density at radius 3 is 3.00 bits per heavy atom. The van der Waals surface area contributed by atoms with Crippen molar-refractivity contribution in [1.82, 2.24) is 9.78 Å². The molecule has 14 heavy (non-hydrogen) atoms. The molecule has 0 saturated heterocycles. The Bertz CT molecular complexity index is 388. The molecular weight excluding hydrogens is 262 g/mol. The van der Waals surface area contributed by atoms with Gasteiger partial charge in [-0.1, -0.05) is 0 Å². The second-order valence-electron chi connectivity index (χ2n) is 3.01. The maximum atomic E-state index is 5.61. The Labute approximate surface area is 94.7 Å². The second kappa shape index (κ2) is 4.14. The molecule has 2 N–H and O–H groups in total. The Hall–Kier alpha value is -0.810. The van der Waals surface area contributed by atoms with E-state index in [9.17, 15) is 0 Å². The summed E-state index contributed by atoms with van der Waals surface area (Å²) in [7, 11) is 0. The van der Waals surface area contributed by atoms with E-state index in [-0.39, 0.29) is 0 Å². The molecular formula is C9H10BrN3S. The lowest BCUT2D eigenvalue weighted by Crippen LogP contribution is -2.01. The summed E-state index contributed by atoms with van der Waals surface area (Å²) in [5.74, 6) is 0.551. The fourth-order valence-corrected chi connectivity index (χ4v) is 2.22. The number of rotatable bonds is 3. The predicted molar refractivity (Wildman–Crippen MR) is 62.4 cm³/mol. The van der Waals surface area contributed by atoms with Crippen molar-refractivity contribution in [2.24, 2.45) is 0 Å². The van der Waals surface area contributed by atoms with Crippen LogP contribution in [0.15, 0.2) is 27.5 Å². The van der Waals surface area contributed by atoms with Crippen LogP contribution in [0.1, 0.15) is 5.56 Å². The van der Waals surface area contributed by atoms with Crippen LogP contribution in [0.3, 0.4) is 0 Å².